The molecule has 5 N–H and O–H groups in total. The molecule has 2 aromatic heterocycles. The van der Waals surface area contributed by atoms with Crippen molar-refractivity contribution < 1.29 is 4.79 Å². The number of hydrogen-bond acceptors (Lipinski definition) is 3. The van der Waals surface area contributed by atoms with E-state index in [4.69, 9.17) is 5.73 Å². The van der Waals surface area contributed by atoms with Crippen molar-refractivity contribution in [3.8, 4) is 0 Å². The molecule has 3 heterocycles. The quantitative estimate of drug-likeness (QED) is 0.389. The van der Waals surface area contributed by atoms with Crippen molar-refractivity contribution in [2.75, 3.05) is 13.1 Å². The highest BCUT2D eigenvalue weighted by Gasteiger charge is 2.24. The number of hydrogen-bond donors (Lipinski definition) is 4. The number of aromatic nitrogens is 2. The van der Waals surface area contributed by atoms with Crippen molar-refractivity contribution in [2.24, 2.45) is 5.73 Å². The maximum Gasteiger partial charge on any atom is 0.237 e. The van der Waals surface area contributed by atoms with E-state index in [0.29, 0.717) is 6.42 Å². The first-order valence-electron chi connectivity index (χ1n) is 11.1. The molecule has 0 radical (unpaired) electrons. The van der Waals surface area contributed by atoms with Gasteiger partial charge in [-0.25, -0.2) is 0 Å². The summed E-state index contributed by atoms with van der Waals surface area (Å²) in [6, 6.07) is 16.2. The van der Waals surface area contributed by atoms with Gasteiger partial charge in [0, 0.05) is 59.9 Å². The topological polar surface area (TPSA) is 89.9 Å². The number of nitrogens with zero attached hydrogens (tertiary/aromatic N) is 1. The van der Waals surface area contributed by atoms with Crippen LogP contribution in [-0.2, 0) is 17.8 Å². The van der Waals surface area contributed by atoms with Crippen LogP contribution in [0.1, 0.15) is 24.0 Å². The van der Waals surface area contributed by atoms with Gasteiger partial charge in [-0.05, 0) is 42.5 Å². The zero-order chi connectivity index (χ0) is 21.2. The Labute approximate surface area is 181 Å². The predicted octanol–water partition coefficient (Wildman–Crippen LogP) is 3.30. The minimum Gasteiger partial charge on any atom is -0.361 e. The van der Waals surface area contributed by atoms with Gasteiger partial charge in [0.25, 0.3) is 0 Å². The third-order valence-corrected chi connectivity index (χ3v) is 6.45. The summed E-state index contributed by atoms with van der Waals surface area (Å²) < 4.78 is 0. The lowest BCUT2D eigenvalue weighted by molar-refractivity contribution is -0.123. The van der Waals surface area contributed by atoms with Crippen molar-refractivity contribution >= 4 is 27.7 Å². The SMILES string of the molecule is N[C@H](Cc1c[nH]c2ccccc12)C(=O)NC1CCN(Cc2c[nH]c3ccccc23)CC1. The number of nitrogens with two attached hydrogens (primary N) is 1. The van der Waals surface area contributed by atoms with Crippen molar-refractivity contribution in [1.82, 2.24) is 20.2 Å². The lowest BCUT2D eigenvalue weighted by Crippen LogP contribution is -2.50. The van der Waals surface area contributed by atoms with Gasteiger partial charge in [0.1, 0.15) is 0 Å². The molecule has 0 unspecified atom stereocenters. The van der Waals surface area contributed by atoms with E-state index in [0.717, 1.165) is 48.9 Å². The highest BCUT2D eigenvalue weighted by molar-refractivity contribution is 5.86. The summed E-state index contributed by atoms with van der Waals surface area (Å²) in [4.78, 5) is 21.8. The van der Waals surface area contributed by atoms with Crippen LogP contribution in [0.5, 0.6) is 0 Å². The molecule has 0 saturated carbocycles. The van der Waals surface area contributed by atoms with Crippen LogP contribution in [-0.4, -0.2) is 45.9 Å². The fourth-order valence-corrected chi connectivity index (χ4v) is 4.68. The zero-order valence-electron chi connectivity index (χ0n) is 17.6. The Balaban J connectivity index is 1.13. The fourth-order valence-electron chi connectivity index (χ4n) is 4.68. The second-order valence-corrected chi connectivity index (χ2v) is 8.59. The van der Waals surface area contributed by atoms with Gasteiger partial charge in [-0.2, -0.15) is 0 Å². The molecule has 31 heavy (non-hydrogen) atoms. The lowest BCUT2D eigenvalue weighted by atomic mass is 10.0. The Morgan fingerprint density at radius 2 is 1.55 bits per heavy atom. The number of piperidine rings is 1. The Kier molecular flexibility index (Phi) is 5.49. The molecule has 4 aromatic rings. The summed E-state index contributed by atoms with van der Waals surface area (Å²) in [5, 5.41) is 5.61. The average molecular weight is 416 g/mol. The molecule has 1 saturated heterocycles. The van der Waals surface area contributed by atoms with Gasteiger partial charge in [0.15, 0.2) is 0 Å². The van der Waals surface area contributed by atoms with Gasteiger partial charge in [-0.3, -0.25) is 9.69 Å². The molecule has 2 aromatic carbocycles. The fraction of sp³-hybridized carbons (Fsp3) is 0.320. The summed E-state index contributed by atoms with van der Waals surface area (Å²) in [6.07, 6.45) is 6.51. The Bertz CT molecular complexity index is 1180. The van der Waals surface area contributed by atoms with E-state index < -0.39 is 6.04 Å². The minimum atomic E-state index is -0.538. The maximum absolute atomic E-state index is 12.7. The van der Waals surface area contributed by atoms with E-state index in [1.807, 2.05) is 24.4 Å². The first-order valence-corrected chi connectivity index (χ1v) is 11.1. The largest absolute Gasteiger partial charge is 0.361 e. The zero-order valence-corrected chi connectivity index (χ0v) is 17.6. The third kappa shape index (κ3) is 4.22. The number of H-pyrrole nitrogens is 2. The summed E-state index contributed by atoms with van der Waals surface area (Å²) in [7, 11) is 0. The second-order valence-electron chi connectivity index (χ2n) is 8.59. The molecular formula is C25H29N5O. The molecule has 1 atom stereocenters. The third-order valence-electron chi connectivity index (χ3n) is 6.45. The van der Waals surface area contributed by atoms with Crippen LogP contribution in [0.15, 0.2) is 60.9 Å². The van der Waals surface area contributed by atoms with Gasteiger partial charge in [0.2, 0.25) is 5.91 Å². The molecule has 6 heteroatoms. The Morgan fingerprint density at radius 3 is 2.23 bits per heavy atom. The molecule has 1 aliphatic rings. The number of fused-ring (bicyclic) bond motifs is 2. The molecular weight excluding hydrogens is 386 g/mol. The van der Waals surface area contributed by atoms with Crippen LogP contribution in [0.25, 0.3) is 21.8 Å². The number of likely N-dealkylation sites (tertiary alicyclic amines) is 1. The first kappa shape index (κ1) is 19.8. The number of carbonyl (C=O) groups excluding carboxylic acids is 1. The van der Waals surface area contributed by atoms with Gasteiger partial charge in [-0.1, -0.05) is 36.4 Å². The highest BCUT2D eigenvalue weighted by atomic mass is 16.2. The Morgan fingerprint density at radius 1 is 0.968 bits per heavy atom. The molecule has 1 fully saturated rings. The number of benzene rings is 2. The van der Waals surface area contributed by atoms with E-state index in [-0.39, 0.29) is 11.9 Å². The van der Waals surface area contributed by atoms with E-state index in [1.165, 1.54) is 16.5 Å². The monoisotopic (exact) mass is 415 g/mol. The van der Waals surface area contributed by atoms with Crippen LogP contribution in [0.3, 0.4) is 0 Å². The second kappa shape index (κ2) is 8.57. The first-order chi connectivity index (χ1) is 15.2. The number of nitrogens with one attached hydrogen (secondary N) is 3. The number of carbonyl (C=O) groups is 1. The molecule has 5 rings (SSSR count). The summed E-state index contributed by atoms with van der Waals surface area (Å²) in [5.74, 6) is -0.0552. The van der Waals surface area contributed by atoms with Gasteiger partial charge in [-0.15, -0.1) is 0 Å². The van der Waals surface area contributed by atoms with E-state index in [1.54, 1.807) is 0 Å². The molecule has 6 nitrogen and oxygen atoms in total. The Hall–Kier alpha value is -3.09. The lowest BCUT2D eigenvalue weighted by Gasteiger charge is -2.32. The van der Waals surface area contributed by atoms with Crippen LogP contribution in [0.2, 0.25) is 0 Å². The predicted molar refractivity (Wildman–Crippen MR) is 125 cm³/mol. The summed E-state index contributed by atoms with van der Waals surface area (Å²) in [5.41, 5.74) is 10.9. The maximum atomic E-state index is 12.7. The normalized spacial score (nSPS) is 16.7. The number of rotatable bonds is 6. The smallest absolute Gasteiger partial charge is 0.237 e. The average Bonchev–Trinajstić information content (AvgIpc) is 3.40. The standard InChI is InChI=1S/C25H29N5O/c26-22(13-17-14-27-23-7-3-1-5-20(17)23)25(31)29-19-9-11-30(12-10-19)16-18-15-28-24-8-4-2-6-21(18)24/h1-8,14-15,19,22,27-28H,9-13,16,26H2,(H,29,31)/t22-/m1/s1. The van der Waals surface area contributed by atoms with Crippen LogP contribution in [0, 0.1) is 0 Å². The van der Waals surface area contributed by atoms with Crippen molar-refractivity contribution in [3.63, 3.8) is 0 Å². The molecule has 0 aliphatic carbocycles. The van der Waals surface area contributed by atoms with Gasteiger partial charge < -0.3 is 21.0 Å². The van der Waals surface area contributed by atoms with Gasteiger partial charge >= 0.3 is 0 Å². The molecule has 0 spiro atoms. The van der Waals surface area contributed by atoms with Crippen molar-refractivity contribution in [2.45, 2.75) is 37.9 Å². The number of amides is 1. The van der Waals surface area contributed by atoms with Gasteiger partial charge in [0.05, 0.1) is 6.04 Å². The van der Waals surface area contributed by atoms with E-state index in [2.05, 4.69) is 56.7 Å². The van der Waals surface area contributed by atoms with E-state index in [9.17, 15) is 4.79 Å². The summed E-state index contributed by atoms with van der Waals surface area (Å²) in [6.45, 7) is 2.88. The molecule has 0 bridgehead atoms. The van der Waals surface area contributed by atoms with Crippen LogP contribution >= 0.6 is 0 Å². The number of para-hydroxylation sites is 2. The van der Waals surface area contributed by atoms with Crippen molar-refractivity contribution in [3.05, 3.63) is 72.1 Å². The molecule has 1 aliphatic heterocycles. The van der Waals surface area contributed by atoms with E-state index >= 15 is 0 Å². The summed E-state index contributed by atoms with van der Waals surface area (Å²) >= 11 is 0. The minimum absolute atomic E-state index is 0.0552. The number of aromatic amines is 2. The van der Waals surface area contributed by atoms with Crippen molar-refractivity contribution in [1.29, 1.82) is 0 Å². The highest BCUT2D eigenvalue weighted by Crippen LogP contribution is 2.22. The van der Waals surface area contributed by atoms with Crippen LogP contribution < -0.4 is 11.1 Å². The molecule has 160 valence electrons. The van der Waals surface area contributed by atoms with Crippen LogP contribution in [0.4, 0.5) is 0 Å². The molecule has 1 amide bonds.